The first-order valence-corrected chi connectivity index (χ1v) is 7.12. The molecule has 0 radical (unpaired) electrons. The number of hydrogen-bond acceptors (Lipinski definition) is 4. The number of anilines is 1. The SMILES string of the molecule is CCCCOCCCn1ccnc1NC(C)COC. The number of rotatable bonds is 11. The summed E-state index contributed by atoms with van der Waals surface area (Å²) < 4.78 is 12.8. The molecule has 0 aromatic carbocycles. The number of ether oxygens (including phenoxy) is 2. The fourth-order valence-corrected chi connectivity index (χ4v) is 1.83. The van der Waals surface area contributed by atoms with Crippen molar-refractivity contribution in [2.45, 2.75) is 45.7 Å². The van der Waals surface area contributed by atoms with E-state index in [9.17, 15) is 0 Å². The molecule has 0 spiro atoms. The molecule has 0 aliphatic carbocycles. The van der Waals surface area contributed by atoms with Gasteiger partial charge in [-0.05, 0) is 19.8 Å². The Labute approximate surface area is 116 Å². The quantitative estimate of drug-likeness (QED) is 0.627. The van der Waals surface area contributed by atoms with E-state index in [-0.39, 0.29) is 6.04 Å². The number of hydrogen-bond donors (Lipinski definition) is 1. The zero-order valence-electron chi connectivity index (χ0n) is 12.4. The van der Waals surface area contributed by atoms with E-state index in [1.165, 1.54) is 6.42 Å². The maximum Gasteiger partial charge on any atom is 0.203 e. The van der Waals surface area contributed by atoms with Crippen molar-refractivity contribution in [1.29, 1.82) is 0 Å². The zero-order valence-corrected chi connectivity index (χ0v) is 12.4. The highest BCUT2D eigenvalue weighted by Gasteiger charge is 2.06. The van der Waals surface area contributed by atoms with E-state index in [0.29, 0.717) is 6.61 Å². The van der Waals surface area contributed by atoms with Crippen LogP contribution in [0.2, 0.25) is 0 Å². The van der Waals surface area contributed by atoms with E-state index in [4.69, 9.17) is 9.47 Å². The fourth-order valence-electron chi connectivity index (χ4n) is 1.83. The standard InChI is InChI=1S/C14H27N3O2/c1-4-5-10-19-11-6-8-17-9-7-15-14(17)16-13(2)12-18-3/h7,9,13H,4-6,8,10-12H2,1-3H3,(H,15,16). The summed E-state index contributed by atoms with van der Waals surface area (Å²) in [6, 6.07) is 0.256. The molecule has 1 rings (SSSR count). The number of nitrogens with one attached hydrogen (secondary N) is 1. The predicted octanol–water partition coefficient (Wildman–Crippen LogP) is 2.54. The van der Waals surface area contributed by atoms with E-state index in [0.717, 1.165) is 38.5 Å². The lowest BCUT2D eigenvalue weighted by molar-refractivity contribution is 0.126. The number of nitrogens with zero attached hydrogens (tertiary/aromatic N) is 2. The Hall–Kier alpha value is -1.07. The number of aromatic nitrogens is 2. The summed E-state index contributed by atoms with van der Waals surface area (Å²) in [5.74, 6) is 0.901. The highest BCUT2D eigenvalue weighted by Crippen LogP contribution is 2.07. The van der Waals surface area contributed by atoms with Crippen molar-refractivity contribution in [2.75, 3.05) is 32.2 Å². The minimum Gasteiger partial charge on any atom is -0.383 e. The maximum atomic E-state index is 5.56. The summed E-state index contributed by atoms with van der Waals surface area (Å²) >= 11 is 0. The van der Waals surface area contributed by atoms with Crippen molar-refractivity contribution in [2.24, 2.45) is 0 Å². The van der Waals surface area contributed by atoms with Gasteiger partial charge in [0, 0.05) is 45.3 Å². The maximum absolute atomic E-state index is 5.56. The number of methoxy groups -OCH3 is 1. The fraction of sp³-hybridized carbons (Fsp3) is 0.786. The summed E-state index contributed by atoms with van der Waals surface area (Å²) in [6.45, 7) is 7.53. The molecule has 110 valence electrons. The molecule has 0 saturated carbocycles. The number of unbranched alkanes of at least 4 members (excludes halogenated alkanes) is 1. The predicted molar refractivity (Wildman–Crippen MR) is 77.5 cm³/mol. The Balaban J connectivity index is 2.24. The van der Waals surface area contributed by atoms with Crippen LogP contribution in [-0.2, 0) is 16.0 Å². The topological polar surface area (TPSA) is 48.3 Å². The van der Waals surface area contributed by atoms with Gasteiger partial charge in [-0.15, -0.1) is 0 Å². The van der Waals surface area contributed by atoms with E-state index in [1.807, 2.05) is 12.4 Å². The lowest BCUT2D eigenvalue weighted by Crippen LogP contribution is -2.23. The van der Waals surface area contributed by atoms with Crippen molar-refractivity contribution < 1.29 is 9.47 Å². The van der Waals surface area contributed by atoms with Crippen LogP contribution in [0.4, 0.5) is 5.95 Å². The van der Waals surface area contributed by atoms with Gasteiger partial charge in [0.2, 0.25) is 5.95 Å². The van der Waals surface area contributed by atoms with Gasteiger partial charge in [0.1, 0.15) is 0 Å². The lowest BCUT2D eigenvalue weighted by atomic mass is 10.3. The van der Waals surface area contributed by atoms with Crippen molar-refractivity contribution in [1.82, 2.24) is 9.55 Å². The molecule has 1 atom stereocenters. The van der Waals surface area contributed by atoms with E-state index < -0.39 is 0 Å². The molecule has 1 N–H and O–H groups in total. The first kappa shape index (κ1) is 16.0. The molecule has 1 aromatic rings. The van der Waals surface area contributed by atoms with Gasteiger partial charge in [0.25, 0.3) is 0 Å². The van der Waals surface area contributed by atoms with E-state index in [2.05, 4.69) is 28.7 Å². The summed E-state index contributed by atoms with van der Waals surface area (Å²) in [6.07, 6.45) is 7.15. The van der Waals surface area contributed by atoms with Crippen LogP contribution in [0.1, 0.15) is 33.1 Å². The second-order valence-electron chi connectivity index (χ2n) is 4.76. The monoisotopic (exact) mass is 269 g/mol. The number of imidazole rings is 1. The van der Waals surface area contributed by atoms with Crippen LogP contribution in [-0.4, -0.2) is 42.5 Å². The molecule has 0 amide bonds. The smallest absolute Gasteiger partial charge is 0.203 e. The van der Waals surface area contributed by atoms with Crippen LogP contribution >= 0.6 is 0 Å². The van der Waals surface area contributed by atoms with Crippen LogP contribution in [0, 0.1) is 0 Å². The molecule has 1 heterocycles. The molecule has 0 saturated heterocycles. The molecule has 0 fully saturated rings. The van der Waals surface area contributed by atoms with Crippen molar-refractivity contribution in [3.63, 3.8) is 0 Å². The molecule has 1 unspecified atom stereocenters. The average molecular weight is 269 g/mol. The second-order valence-corrected chi connectivity index (χ2v) is 4.76. The lowest BCUT2D eigenvalue weighted by Gasteiger charge is -2.15. The average Bonchev–Trinajstić information content (AvgIpc) is 2.81. The Morgan fingerprint density at radius 2 is 2.16 bits per heavy atom. The molecular formula is C14H27N3O2. The Kier molecular flexibility index (Phi) is 8.25. The van der Waals surface area contributed by atoms with Gasteiger partial charge in [-0.25, -0.2) is 4.98 Å². The molecule has 0 bridgehead atoms. The Bertz CT molecular complexity index is 328. The van der Waals surface area contributed by atoms with Crippen LogP contribution in [0.15, 0.2) is 12.4 Å². The second kappa shape index (κ2) is 9.81. The van der Waals surface area contributed by atoms with Crippen LogP contribution in [0.5, 0.6) is 0 Å². The third kappa shape index (κ3) is 6.59. The summed E-state index contributed by atoms with van der Waals surface area (Å²) in [5.41, 5.74) is 0. The van der Waals surface area contributed by atoms with E-state index >= 15 is 0 Å². The van der Waals surface area contributed by atoms with Gasteiger partial charge in [0.05, 0.1) is 6.61 Å². The Morgan fingerprint density at radius 1 is 1.37 bits per heavy atom. The van der Waals surface area contributed by atoms with Crippen molar-refractivity contribution in [3.8, 4) is 0 Å². The summed E-state index contributed by atoms with van der Waals surface area (Å²) in [5, 5.41) is 3.34. The molecular weight excluding hydrogens is 242 g/mol. The van der Waals surface area contributed by atoms with Gasteiger partial charge in [-0.1, -0.05) is 13.3 Å². The van der Waals surface area contributed by atoms with Gasteiger partial charge in [-0.3, -0.25) is 0 Å². The molecule has 19 heavy (non-hydrogen) atoms. The van der Waals surface area contributed by atoms with E-state index in [1.54, 1.807) is 7.11 Å². The molecule has 0 aliphatic rings. The summed E-state index contributed by atoms with van der Waals surface area (Å²) in [4.78, 5) is 4.32. The number of aryl methyl sites for hydroxylation is 1. The van der Waals surface area contributed by atoms with Gasteiger partial charge >= 0.3 is 0 Å². The largest absolute Gasteiger partial charge is 0.383 e. The third-order valence-corrected chi connectivity index (χ3v) is 2.84. The minimum absolute atomic E-state index is 0.256. The van der Waals surface area contributed by atoms with Gasteiger partial charge < -0.3 is 19.4 Å². The summed E-state index contributed by atoms with van der Waals surface area (Å²) in [7, 11) is 1.71. The molecule has 5 nitrogen and oxygen atoms in total. The van der Waals surface area contributed by atoms with Crippen LogP contribution < -0.4 is 5.32 Å². The first-order chi connectivity index (χ1) is 9.27. The van der Waals surface area contributed by atoms with Crippen LogP contribution in [0.25, 0.3) is 0 Å². The highest BCUT2D eigenvalue weighted by atomic mass is 16.5. The van der Waals surface area contributed by atoms with Gasteiger partial charge in [-0.2, -0.15) is 0 Å². The van der Waals surface area contributed by atoms with Crippen molar-refractivity contribution >= 4 is 5.95 Å². The minimum atomic E-state index is 0.256. The molecule has 0 aliphatic heterocycles. The first-order valence-electron chi connectivity index (χ1n) is 7.12. The van der Waals surface area contributed by atoms with Crippen molar-refractivity contribution in [3.05, 3.63) is 12.4 Å². The zero-order chi connectivity index (χ0) is 13.9. The Morgan fingerprint density at radius 3 is 2.89 bits per heavy atom. The van der Waals surface area contributed by atoms with Crippen LogP contribution in [0.3, 0.4) is 0 Å². The highest BCUT2D eigenvalue weighted by molar-refractivity contribution is 5.27. The third-order valence-electron chi connectivity index (χ3n) is 2.84. The normalized spacial score (nSPS) is 12.6. The molecule has 5 heteroatoms. The molecule has 1 aromatic heterocycles. The van der Waals surface area contributed by atoms with Gasteiger partial charge in [0.15, 0.2) is 0 Å².